The standard InChI is InChI=1S/C16H25N5/c1-3-9-18-16(17-4-2)20-13-14-7-8-15(19-12-14)21-10-5-6-11-21/h3,7-8,12H,1,4-6,9-11,13H2,2H3,(H2,17,18,20). The van der Waals surface area contributed by atoms with Gasteiger partial charge < -0.3 is 15.5 Å². The van der Waals surface area contributed by atoms with Crippen molar-refractivity contribution < 1.29 is 0 Å². The van der Waals surface area contributed by atoms with E-state index < -0.39 is 0 Å². The zero-order valence-corrected chi connectivity index (χ0v) is 12.8. The minimum atomic E-state index is 0.625. The Kier molecular flexibility index (Phi) is 6.06. The molecular formula is C16H25N5. The van der Waals surface area contributed by atoms with Gasteiger partial charge in [-0.2, -0.15) is 0 Å². The molecule has 0 amide bonds. The van der Waals surface area contributed by atoms with Crippen LogP contribution in [0.1, 0.15) is 25.3 Å². The van der Waals surface area contributed by atoms with Crippen molar-refractivity contribution in [1.82, 2.24) is 15.6 Å². The fourth-order valence-electron chi connectivity index (χ4n) is 2.32. The Hall–Kier alpha value is -2.04. The van der Waals surface area contributed by atoms with Crippen LogP contribution in [0.25, 0.3) is 0 Å². The van der Waals surface area contributed by atoms with Gasteiger partial charge in [0.2, 0.25) is 0 Å². The van der Waals surface area contributed by atoms with Crippen molar-refractivity contribution in [2.75, 3.05) is 31.1 Å². The highest BCUT2D eigenvalue weighted by molar-refractivity contribution is 5.79. The fourth-order valence-corrected chi connectivity index (χ4v) is 2.32. The number of pyridine rings is 1. The largest absolute Gasteiger partial charge is 0.357 e. The van der Waals surface area contributed by atoms with Crippen molar-refractivity contribution in [1.29, 1.82) is 0 Å². The molecule has 0 bridgehead atoms. The maximum atomic E-state index is 4.55. The van der Waals surface area contributed by atoms with Crippen LogP contribution >= 0.6 is 0 Å². The van der Waals surface area contributed by atoms with Crippen LogP contribution in [0.15, 0.2) is 36.0 Å². The number of hydrogen-bond acceptors (Lipinski definition) is 3. The summed E-state index contributed by atoms with van der Waals surface area (Å²) < 4.78 is 0. The molecule has 114 valence electrons. The molecule has 0 atom stereocenters. The van der Waals surface area contributed by atoms with Crippen molar-refractivity contribution >= 4 is 11.8 Å². The summed E-state index contributed by atoms with van der Waals surface area (Å²) in [5.74, 6) is 1.89. The van der Waals surface area contributed by atoms with E-state index in [1.54, 1.807) is 0 Å². The van der Waals surface area contributed by atoms with Crippen LogP contribution in [-0.2, 0) is 6.54 Å². The minimum Gasteiger partial charge on any atom is -0.357 e. The quantitative estimate of drug-likeness (QED) is 0.477. The summed E-state index contributed by atoms with van der Waals surface area (Å²) >= 11 is 0. The predicted molar refractivity (Wildman–Crippen MR) is 88.7 cm³/mol. The van der Waals surface area contributed by atoms with Gasteiger partial charge in [0.1, 0.15) is 5.82 Å². The molecule has 1 aliphatic heterocycles. The minimum absolute atomic E-state index is 0.625. The third-order valence-electron chi connectivity index (χ3n) is 3.42. The molecule has 0 radical (unpaired) electrons. The zero-order valence-electron chi connectivity index (χ0n) is 12.8. The van der Waals surface area contributed by atoms with Crippen molar-refractivity contribution in [2.45, 2.75) is 26.3 Å². The van der Waals surface area contributed by atoms with Gasteiger partial charge in [0.25, 0.3) is 0 Å². The Morgan fingerprint density at radius 1 is 1.38 bits per heavy atom. The highest BCUT2D eigenvalue weighted by Gasteiger charge is 2.12. The van der Waals surface area contributed by atoms with Crippen molar-refractivity contribution in [3.05, 3.63) is 36.5 Å². The van der Waals surface area contributed by atoms with E-state index in [0.29, 0.717) is 13.1 Å². The van der Waals surface area contributed by atoms with Gasteiger partial charge in [0.15, 0.2) is 5.96 Å². The van der Waals surface area contributed by atoms with Gasteiger partial charge >= 0.3 is 0 Å². The molecule has 0 saturated carbocycles. The molecule has 1 aromatic heterocycles. The first-order chi connectivity index (χ1) is 10.3. The molecule has 5 nitrogen and oxygen atoms in total. The monoisotopic (exact) mass is 287 g/mol. The second kappa shape index (κ2) is 8.29. The lowest BCUT2D eigenvalue weighted by atomic mass is 10.3. The zero-order chi connectivity index (χ0) is 14.9. The average Bonchev–Trinajstić information content (AvgIpc) is 3.05. The smallest absolute Gasteiger partial charge is 0.191 e. The van der Waals surface area contributed by atoms with E-state index in [1.165, 1.54) is 12.8 Å². The Morgan fingerprint density at radius 3 is 2.81 bits per heavy atom. The Labute approximate surface area is 127 Å². The molecule has 21 heavy (non-hydrogen) atoms. The summed E-state index contributed by atoms with van der Waals surface area (Å²) in [5.41, 5.74) is 1.12. The Bertz CT molecular complexity index is 460. The summed E-state index contributed by atoms with van der Waals surface area (Å²) in [7, 11) is 0. The fraction of sp³-hybridized carbons (Fsp3) is 0.500. The van der Waals surface area contributed by atoms with Gasteiger partial charge in [-0.05, 0) is 31.4 Å². The number of nitrogens with one attached hydrogen (secondary N) is 2. The highest BCUT2D eigenvalue weighted by Crippen LogP contribution is 2.17. The number of rotatable bonds is 6. The highest BCUT2D eigenvalue weighted by atomic mass is 15.2. The van der Waals surface area contributed by atoms with Crippen molar-refractivity contribution in [3.8, 4) is 0 Å². The lowest BCUT2D eigenvalue weighted by molar-refractivity contribution is 0.858. The third-order valence-corrected chi connectivity index (χ3v) is 3.42. The lowest BCUT2D eigenvalue weighted by Gasteiger charge is -2.16. The van der Waals surface area contributed by atoms with E-state index in [9.17, 15) is 0 Å². The second-order valence-corrected chi connectivity index (χ2v) is 5.08. The van der Waals surface area contributed by atoms with Crippen LogP contribution in [0.5, 0.6) is 0 Å². The van der Waals surface area contributed by atoms with Gasteiger partial charge in [-0.15, -0.1) is 6.58 Å². The van der Waals surface area contributed by atoms with Gasteiger partial charge in [0, 0.05) is 32.4 Å². The summed E-state index contributed by atoms with van der Waals surface area (Å²) in [4.78, 5) is 11.4. The van der Waals surface area contributed by atoms with E-state index in [4.69, 9.17) is 0 Å². The molecule has 1 aliphatic rings. The van der Waals surface area contributed by atoms with Crippen LogP contribution in [0, 0.1) is 0 Å². The van der Waals surface area contributed by atoms with Crippen LogP contribution in [0.3, 0.4) is 0 Å². The molecule has 0 aliphatic carbocycles. The molecule has 0 unspecified atom stereocenters. The first kappa shape index (κ1) is 15.4. The number of hydrogen-bond donors (Lipinski definition) is 2. The predicted octanol–water partition coefficient (Wildman–Crippen LogP) is 1.92. The van der Waals surface area contributed by atoms with E-state index >= 15 is 0 Å². The summed E-state index contributed by atoms with van der Waals surface area (Å²) in [5, 5.41) is 6.40. The molecule has 0 spiro atoms. The third kappa shape index (κ3) is 4.77. The molecule has 0 aromatic carbocycles. The Morgan fingerprint density at radius 2 is 2.19 bits per heavy atom. The maximum Gasteiger partial charge on any atom is 0.191 e. The molecule has 5 heteroatoms. The molecular weight excluding hydrogens is 262 g/mol. The summed E-state index contributed by atoms with van der Waals surface area (Å²) in [6.07, 6.45) is 6.29. The number of aliphatic imine (C=N–C) groups is 1. The van der Waals surface area contributed by atoms with Crippen LogP contribution in [0.4, 0.5) is 5.82 Å². The maximum absolute atomic E-state index is 4.55. The molecule has 1 aromatic rings. The molecule has 1 fully saturated rings. The Balaban J connectivity index is 1.93. The van der Waals surface area contributed by atoms with E-state index in [-0.39, 0.29) is 0 Å². The molecule has 2 N–H and O–H groups in total. The normalized spacial score (nSPS) is 15.1. The van der Waals surface area contributed by atoms with Crippen LogP contribution in [0.2, 0.25) is 0 Å². The van der Waals surface area contributed by atoms with Gasteiger partial charge in [-0.3, -0.25) is 0 Å². The topological polar surface area (TPSA) is 52.6 Å². The molecule has 2 heterocycles. The molecule has 1 saturated heterocycles. The van der Waals surface area contributed by atoms with Crippen LogP contribution in [-0.4, -0.2) is 37.1 Å². The lowest BCUT2D eigenvalue weighted by Crippen LogP contribution is -2.37. The van der Waals surface area contributed by atoms with E-state index in [1.807, 2.05) is 12.3 Å². The van der Waals surface area contributed by atoms with Crippen LogP contribution < -0.4 is 15.5 Å². The van der Waals surface area contributed by atoms with Gasteiger partial charge in [-0.1, -0.05) is 12.1 Å². The first-order valence-electron chi connectivity index (χ1n) is 7.66. The second-order valence-electron chi connectivity index (χ2n) is 5.08. The average molecular weight is 287 g/mol. The summed E-state index contributed by atoms with van der Waals surface area (Å²) in [6, 6.07) is 4.21. The van der Waals surface area contributed by atoms with Crippen molar-refractivity contribution in [3.63, 3.8) is 0 Å². The van der Waals surface area contributed by atoms with E-state index in [2.05, 4.69) is 51.1 Å². The van der Waals surface area contributed by atoms with Gasteiger partial charge in [-0.25, -0.2) is 9.98 Å². The SMILES string of the molecule is C=CCNC(=NCc1ccc(N2CCCC2)nc1)NCC. The number of aromatic nitrogens is 1. The molecule has 2 rings (SSSR count). The van der Waals surface area contributed by atoms with Gasteiger partial charge in [0.05, 0.1) is 6.54 Å². The first-order valence-corrected chi connectivity index (χ1v) is 7.66. The van der Waals surface area contributed by atoms with E-state index in [0.717, 1.165) is 37.0 Å². The van der Waals surface area contributed by atoms with Crippen molar-refractivity contribution in [2.24, 2.45) is 4.99 Å². The summed E-state index contributed by atoms with van der Waals surface area (Å²) in [6.45, 7) is 10.2. The number of nitrogens with zero attached hydrogens (tertiary/aromatic N) is 3. The number of guanidine groups is 1. The number of anilines is 1.